The van der Waals surface area contributed by atoms with Gasteiger partial charge in [-0.25, -0.2) is 0 Å². The van der Waals surface area contributed by atoms with E-state index in [1.807, 2.05) is 0 Å². The first-order valence-corrected chi connectivity index (χ1v) is 9.01. The van der Waals surface area contributed by atoms with Crippen molar-refractivity contribution in [2.24, 2.45) is 5.41 Å². The number of unbranched alkanes of at least 4 members (excludes halogenated alkanes) is 6. The fourth-order valence-electron chi connectivity index (χ4n) is 3.21. The maximum atomic E-state index is 3.77. The van der Waals surface area contributed by atoms with Crippen LogP contribution in [0.25, 0.3) is 0 Å². The third kappa shape index (κ3) is 6.27. The van der Waals surface area contributed by atoms with Crippen LogP contribution < -0.4 is 0 Å². The largest absolute Gasteiger partial charge is 0.0922 e. The van der Waals surface area contributed by atoms with Gasteiger partial charge in [0.15, 0.2) is 0 Å². The summed E-state index contributed by atoms with van der Waals surface area (Å²) in [4.78, 5) is 0. The second-order valence-corrected chi connectivity index (χ2v) is 6.63. The average molecular weight is 303 g/mol. The summed E-state index contributed by atoms with van der Waals surface area (Å²) in [5.74, 6) is 0. The summed E-state index contributed by atoms with van der Waals surface area (Å²) in [6, 6.07) is 0. The van der Waals surface area contributed by atoms with E-state index in [1.165, 1.54) is 88.8 Å². The lowest BCUT2D eigenvalue weighted by Crippen LogP contribution is -2.25. The molecule has 1 fully saturated rings. The zero-order chi connectivity index (χ0) is 12.4. The molecule has 1 heteroatoms. The van der Waals surface area contributed by atoms with Gasteiger partial charge < -0.3 is 0 Å². The molecule has 102 valence electrons. The topological polar surface area (TPSA) is 0 Å². The minimum atomic E-state index is 0.682. The van der Waals surface area contributed by atoms with E-state index in [1.54, 1.807) is 0 Å². The van der Waals surface area contributed by atoms with Crippen LogP contribution in [0.5, 0.6) is 0 Å². The first-order valence-electron chi connectivity index (χ1n) is 7.89. The Morgan fingerprint density at radius 1 is 0.824 bits per heavy atom. The van der Waals surface area contributed by atoms with Crippen molar-refractivity contribution in [3.63, 3.8) is 0 Å². The molecular formula is C16H31Br. The van der Waals surface area contributed by atoms with Crippen LogP contribution in [0.1, 0.15) is 90.4 Å². The van der Waals surface area contributed by atoms with Crippen molar-refractivity contribution in [1.82, 2.24) is 0 Å². The lowest BCUT2D eigenvalue weighted by atomic mass is 9.72. The summed E-state index contributed by atoms with van der Waals surface area (Å²) in [6.45, 7) is 2.29. The Hall–Kier alpha value is 0.480. The monoisotopic (exact) mass is 302 g/mol. The summed E-state index contributed by atoms with van der Waals surface area (Å²) in [7, 11) is 0. The molecule has 0 bridgehead atoms. The molecule has 1 aliphatic carbocycles. The highest BCUT2D eigenvalue weighted by molar-refractivity contribution is 9.09. The number of alkyl halides is 1. The van der Waals surface area contributed by atoms with Crippen LogP contribution >= 0.6 is 15.9 Å². The van der Waals surface area contributed by atoms with E-state index in [4.69, 9.17) is 0 Å². The fourth-order valence-corrected chi connectivity index (χ4v) is 4.05. The van der Waals surface area contributed by atoms with Crippen molar-refractivity contribution in [3.8, 4) is 0 Å². The summed E-state index contributed by atoms with van der Waals surface area (Å²) >= 11 is 3.77. The Morgan fingerprint density at radius 2 is 1.41 bits per heavy atom. The van der Waals surface area contributed by atoms with E-state index in [0.29, 0.717) is 5.41 Å². The van der Waals surface area contributed by atoms with Crippen molar-refractivity contribution < 1.29 is 0 Å². The molecule has 1 rings (SSSR count). The van der Waals surface area contributed by atoms with Gasteiger partial charge in [-0.05, 0) is 24.7 Å². The number of rotatable bonds is 9. The average Bonchev–Trinajstić information content (AvgIpc) is 2.39. The van der Waals surface area contributed by atoms with Gasteiger partial charge in [-0.3, -0.25) is 0 Å². The molecule has 0 aliphatic heterocycles. The molecule has 1 aliphatic rings. The quantitative estimate of drug-likeness (QED) is 0.338. The zero-order valence-corrected chi connectivity index (χ0v) is 13.4. The highest BCUT2D eigenvalue weighted by atomic mass is 79.9. The lowest BCUT2D eigenvalue weighted by Gasteiger charge is -2.36. The Bertz CT molecular complexity index is 170. The highest BCUT2D eigenvalue weighted by Crippen LogP contribution is 2.42. The Balaban J connectivity index is 2.03. The fraction of sp³-hybridized carbons (Fsp3) is 1.00. The van der Waals surface area contributed by atoms with Crippen molar-refractivity contribution in [2.45, 2.75) is 90.4 Å². The Kier molecular flexibility index (Phi) is 8.61. The summed E-state index contributed by atoms with van der Waals surface area (Å²) < 4.78 is 0. The first-order chi connectivity index (χ1) is 8.33. The maximum absolute atomic E-state index is 3.77. The van der Waals surface area contributed by atoms with Crippen LogP contribution in [0.2, 0.25) is 0 Å². The molecule has 0 radical (unpaired) electrons. The molecule has 0 aromatic rings. The zero-order valence-electron chi connectivity index (χ0n) is 11.8. The summed E-state index contributed by atoms with van der Waals surface area (Å²) in [5.41, 5.74) is 0.682. The van der Waals surface area contributed by atoms with Crippen LogP contribution in [0.15, 0.2) is 0 Å². The van der Waals surface area contributed by atoms with Gasteiger partial charge >= 0.3 is 0 Å². The van der Waals surface area contributed by atoms with Gasteiger partial charge in [0.25, 0.3) is 0 Å². The van der Waals surface area contributed by atoms with Gasteiger partial charge in [-0.15, -0.1) is 0 Å². The molecule has 1 saturated carbocycles. The third-order valence-electron chi connectivity index (χ3n) is 4.51. The summed E-state index contributed by atoms with van der Waals surface area (Å²) in [5, 5.41) is 1.25. The Labute approximate surface area is 117 Å². The second kappa shape index (κ2) is 9.42. The standard InChI is InChI=1S/C16H31Br/c1-2-3-4-5-6-7-9-12-16(15-17)13-10-8-11-14-16/h2-15H2,1H3. The van der Waals surface area contributed by atoms with Gasteiger partial charge in [0.05, 0.1) is 0 Å². The predicted octanol–water partition coefficient (Wildman–Crippen LogP) is 6.47. The van der Waals surface area contributed by atoms with E-state index in [-0.39, 0.29) is 0 Å². The Morgan fingerprint density at radius 3 is 2.00 bits per heavy atom. The van der Waals surface area contributed by atoms with E-state index < -0.39 is 0 Å². The molecule has 0 unspecified atom stereocenters. The van der Waals surface area contributed by atoms with Crippen molar-refractivity contribution in [3.05, 3.63) is 0 Å². The normalized spacial score (nSPS) is 19.4. The minimum Gasteiger partial charge on any atom is -0.0922 e. The van der Waals surface area contributed by atoms with Gasteiger partial charge in [0, 0.05) is 5.33 Å². The van der Waals surface area contributed by atoms with Crippen LogP contribution in [-0.4, -0.2) is 5.33 Å². The molecule has 0 aromatic carbocycles. The molecule has 0 spiro atoms. The summed E-state index contributed by atoms with van der Waals surface area (Å²) in [6.07, 6.45) is 19.0. The molecule has 0 heterocycles. The number of halogens is 1. The molecule has 17 heavy (non-hydrogen) atoms. The maximum Gasteiger partial charge on any atom is 0.00879 e. The van der Waals surface area contributed by atoms with E-state index in [0.717, 1.165) is 0 Å². The second-order valence-electron chi connectivity index (χ2n) is 6.07. The van der Waals surface area contributed by atoms with E-state index in [9.17, 15) is 0 Å². The third-order valence-corrected chi connectivity index (χ3v) is 5.70. The van der Waals surface area contributed by atoms with Crippen LogP contribution in [0.3, 0.4) is 0 Å². The highest BCUT2D eigenvalue weighted by Gasteiger charge is 2.29. The van der Waals surface area contributed by atoms with Crippen LogP contribution in [0, 0.1) is 5.41 Å². The van der Waals surface area contributed by atoms with E-state index in [2.05, 4.69) is 22.9 Å². The molecule has 0 atom stereocenters. The van der Waals surface area contributed by atoms with Crippen LogP contribution in [-0.2, 0) is 0 Å². The molecular weight excluding hydrogens is 272 g/mol. The lowest BCUT2D eigenvalue weighted by molar-refractivity contribution is 0.200. The smallest absolute Gasteiger partial charge is 0.00879 e. The molecule has 0 nitrogen and oxygen atoms in total. The van der Waals surface area contributed by atoms with E-state index >= 15 is 0 Å². The SMILES string of the molecule is CCCCCCCCCC1(CBr)CCCCC1. The number of hydrogen-bond donors (Lipinski definition) is 0. The first kappa shape index (κ1) is 15.5. The van der Waals surface area contributed by atoms with Gasteiger partial charge in [-0.2, -0.15) is 0 Å². The molecule has 0 aromatic heterocycles. The van der Waals surface area contributed by atoms with Crippen molar-refractivity contribution >= 4 is 15.9 Å². The van der Waals surface area contributed by atoms with Crippen LogP contribution in [0.4, 0.5) is 0 Å². The number of hydrogen-bond acceptors (Lipinski definition) is 0. The van der Waals surface area contributed by atoms with Gasteiger partial charge in [-0.1, -0.05) is 87.1 Å². The van der Waals surface area contributed by atoms with Gasteiger partial charge in [0.2, 0.25) is 0 Å². The molecule has 0 saturated heterocycles. The molecule has 0 amide bonds. The van der Waals surface area contributed by atoms with Crippen molar-refractivity contribution in [1.29, 1.82) is 0 Å². The molecule has 0 N–H and O–H groups in total. The minimum absolute atomic E-state index is 0.682. The van der Waals surface area contributed by atoms with Gasteiger partial charge in [0.1, 0.15) is 0 Å². The predicted molar refractivity (Wildman–Crippen MR) is 81.9 cm³/mol. The van der Waals surface area contributed by atoms with Crippen molar-refractivity contribution in [2.75, 3.05) is 5.33 Å².